The monoisotopic (exact) mass is 343 g/mol. The Balaban J connectivity index is 2.22. The molecule has 8 heteroatoms. The van der Waals surface area contributed by atoms with Crippen molar-refractivity contribution in [2.24, 2.45) is 11.7 Å². The number of benzene rings is 1. The van der Waals surface area contributed by atoms with Crippen LogP contribution < -0.4 is 11.1 Å². The van der Waals surface area contributed by atoms with Gasteiger partial charge in [-0.15, -0.1) is 0 Å². The second-order valence-corrected chi connectivity index (χ2v) is 7.86. The van der Waals surface area contributed by atoms with Crippen LogP contribution in [0, 0.1) is 11.7 Å². The zero-order valence-electron chi connectivity index (χ0n) is 13.3. The van der Waals surface area contributed by atoms with Gasteiger partial charge in [0.15, 0.2) is 0 Å². The number of nitrogens with one attached hydrogen (secondary N) is 1. The zero-order valence-corrected chi connectivity index (χ0v) is 14.1. The summed E-state index contributed by atoms with van der Waals surface area (Å²) in [7, 11) is -3.71. The fourth-order valence-corrected chi connectivity index (χ4v) is 4.24. The van der Waals surface area contributed by atoms with E-state index in [9.17, 15) is 17.6 Å². The first-order valence-electron chi connectivity index (χ1n) is 7.54. The summed E-state index contributed by atoms with van der Waals surface area (Å²) in [6, 6.07) is 3.46. The van der Waals surface area contributed by atoms with Crippen LogP contribution in [0.2, 0.25) is 0 Å². The number of rotatable bonds is 4. The molecule has 1 aromatic carbocycles. The predicted molar refractivity (Wildman–Crippen MR) is 85.8 cm³/mol. The van der Waals surface area contributed by atoms with Gasteiger partial charge in [-0.3, -0.25) is 4.79 Å². The van der Waals surface area contributed by atoms with E-state index in [0.29, 0.717) is 31.8 Å². The van der Waals surface area contributed by atoms with Gasteiger partial charge >= 0.3 is 0 Å². The van der Waals surface area contributed by atoms with Crippen LogP contribution in [0.5, 0.6) is 0 Å². The minimum Gasteiger partial charge on any atom is -0.328 e. The average molecular weight is 343 g/mol. The summed E-state index contributed by atoms with van der Waals surface area (Å²) in [5, 5.41) is 2.30. The molecule has 6 nitrogen and oxygen atoms in total. The summed E-state index contributed by atoms with van der Waals surface area (Å²) < 4.78 is 40.4. The summed E-state index contributed by atoms with van der Waals surface area (Å²) >= 11 is 0. The Kier molecular flexibility index (Phi) is 5.38. The van der Waals surface area contributed by atoms with Gasteiger partial charge in [0.05, 0.1) is 10.6 Å². The van der Waals surface area contributed by atoms with Crippen LogP contribution in [0.4, 0.5) is 10.1 Å². The number of anilines is 1. The second kappa shape index (κ2) is 6.94. The minimum atomic E-state index is -3.71. The van der Waals surface area contributed by atoms with E-state index in [2.05, 4.69) is 5.32 Å². The number of carbonyl (C=O) groups excluding carboxylic acids is 1. The lowest BCUT2D eigenvalue weighted by Gasteiger charge is -2.33. The summed E-state index contributed by atoms with van der Waals surface area (Å²) in [5.41, 5.74) is 5.73. The lowest BCUT2D eigenvalue weighted by molar-refractivity contribution is -0.114. The summed E-state index contributed by atoms with van der Waals surface area (Å²) in [6.45, 7) is 3.94. The Morgan fingerprint density at radius 3 is 2.52 bits per heavy atom. The Bertz CT molecular complexity index is 683. The van der Waals surface area contributed by atoms with E-state index in [1.54, 1.807) is 0 Å². The maximum atomic E-state index is 13.7. The van der Waals surface area contributed by atoms with Crippen LogP contribution in [-0.4, -0.2) is 37.8 Å². The molecule has 1 aliphatic rings. The SMILES string of the molecule is CC(=O)Nc1cc(S(=O)(=O)N2CCC(C(C)N)CC2)ccc1F. The van der Waals surface area contributed by atoms with Crippen LogP contribution in [0.1, 0.15) is 26.7 Å². The molecule has 0 spiro atoms. The maximum Gasteiger partial charge on any atom is 0.243 e. The predicted octanol–water partition coefficient (Wildman–Crippen LogP) is 1.53. The lowest BCUT2D eigenvalue weighted by atomic mass is 9.92. The van der Waals surface area contributed by atoms with E-state index in [1.807, 2.05) is 6.92 Å². The van der Waals surface area contributed by atoms with E-state index in [-0.39, 0.29) is 16.6 Å². The largest absolute Gasteiger partial charge is 0.328 e. The normalized spacial score (nSPS) is 18.6. The van der Waals surface area contributed by atoms with E-state index < -0.39 is 21.7 Å². The fourth-order valence-electron chi connectivity index (χ4n) is 2.74. The topological polar surface area (TPSA) is 92.5 Å². The molecule has 1 aliphatic heterocycles. The fraction of sp³-hybridized carbons (Fsp3) is 0.533. The van der Waals surface area contributed by atoms with Crippen molar-refractivity contribution in [2.75, 3.05) is 18.4 Å². The van der Waals surface area contributed by atoms with Gasteiger partial charge in [-0.05, 0) is 43.9 Å². The van der Waals surface area contributed by atoms with Crippen molar-refractivity contribution >= 4 is 21.6 Å². The number of piperidine rings is 1. The molecule has 1 unspecified atom stereocenters. The molecule has 1 aromatic rings. The first-order valence-corrected chi connectivity index (χ1v) is 8.98. The number of hydrogen-bond acceptors (Lipinski definition) is 4. The van der Waals surface area contributed by atoms with Crippen molar-refractivity contribution in [1.29, 1.82) is 0 Å². The van der Waals surface area contributed by atoms with Gasteiger partial charge in [0.25, 0.3) is 0 Å². The first-order chi connectivity index (χ1) is 10.7. The summed E-state index contributed by atoms with van der Waals surface area (Å²) in [5.74, 6) is -0.824. The van der Waals surface area contributed by atoms with E-state index in [0.717, 1.165) is 12.1 Å². The highest BCUT2D eigenvalue weighted by Gasteiger charge is 2.31. The lowest BCUT2D eigenvalue weighted by Crippen LogP contribution is -2.42. The molecule has 0 aromatic heterocycles. The molecule has 0 saturated carbocycles. The number of halogens is 1. The van der Waals surface area contributed by atoms with Crippen molar-refractivity contribution in [1.82, 2.24) is 4.31 Å². The zero-order chi connectivity index (χ0) is 17.2. The van der Waals surface area contributed by atoms with E-state index >= 15 is 0 Å². The van der Waals surface area contributed by atoms with Crippen LogP contribution in [0.3, 0.4) is 0 Å². The van der Waals surface area contributed by atoms with Crippen LogP contribution in [0.25, 0.3) is 0 Å². The number of amides is 1. The molecule has 1 heterocycles. The third-order valence-corrected chi connectivity index (χ3v) is 6.02. The maximum absolute atomic E-state index is 13.7. The molecule has 0 radical (unpaired) electrons. The van der Waals surface area contributed by atoms with Crippen LogP contribution in [-0.2, 0) is 14.8 Å². The molecular weight excluding hydrogens is 321 g/mol. The molecule has 128 valence electrons. The molecular formula is C15H22FN3O3S. The molecule has 3 N–H and O–H groups in total. The second-order valence-electron chi connectivity index (χ2n) is 5.92. The molecule has 1 saturated heterocycles. The third kappa shape index (κ3) is 4.07. The van der Waals surface area contributed by atoms with Gasteiger partial charge < -0.3 is 11.1 Å². The Labute approximate surface area is 135 Å². The average Bonchev–Trinajstić information content (AvgIpc) is 2.49. The Morgan fingerprint density at radius 2 is 2.00 bits per heavy atom. The highest BCUT2D eigenvalue weighted by molar-refractivity contribution is 7.89. The van der Waals surface area contributed by atoms with Gasteiger partial charge in [-0.2, -0.15) is 4.31 Å². The molecule has 1 amide bonds. The smallest absolute Gasteiger partial charge is 0.243 e. The van der Waals surface area contributed by atoms with Gasteiger partial charge in [-0.25, -0.2) is 12.8 Å². The van der Waals surface area contributed by atoms with E-state index in [1.165, 1.54) is 17.3 Å². The Morgan fingerprint density at radius 1 is 1.39 bits per heavy atom. The Hall–Kier alpha value is -1.51. The van der Waals surface area contributed by atoms with Crippen molar-refractivity contribution < 1.29 is 17.6 Å². The first kappa shape index (κ1) is 17.8. The van der Waals surface area contributed by atoms with Crippen molar-refractivity contribution in [3.05, 3.63) is 24.0 Å². The number of sulfonamides is 1. The molecule has 0 aliphatic carbocycles. The third-order valence-electron chi connectivity index (χ3n) is 4.13. The number of carbonyl (C=O) groups is 1. The summed E-state index contributed by atoms with van der Waals surface area (Å²) in [6.07, 6.45) is 1.41. The quantitative estimate of drug-likeness (QED) is 0.867. The van der Waals surface area contributed by atoms with Gasteiger partial charge in [-0.1, -0.05) is 0 Å². The molecule has 0 bridgehead atoms. The van der Waals surface area contributed by atoms with Gasteiger partial charge in [0.1, 0.15) is 5.82 Å². The van der Waals surface area contributed by atoms with Gasteiger partial charge in [0, 0.05) is 26.1 Å². The number of nitrogens with two attached hydrogens (primary N) is 1. The number of hydrogen-bond donors (Lipinski definition) is 2. The molecule has 1 fully saturated rings. The number of nitrogens with zero attached hydrogens (tertiary/aromatic N) is 1. The summed E-state index contributed by atoms with van der Waals surface area (Å²) in [4.78, 5) is 11.1. The molecule has 2 rings (SSSR count). The van der Waals surface area contributed by atoms with Crippen molar-refractivity contribution in [3.8, 4) is 0 Å². The van der Waals surface area contributed by atoms with Crippen molar-refractivity contribution in [2.45, 2.75) is 37.6 Å². The highest BCUT2D eigenvalue weighted by atomic mass is 32.2. The minimum absolute atomic E-state index is 0.0260. The molecule has 23 heavy (non-hydrogen) atoms. The van der Waals surface area contributed by atoms with Crippen molar-refractivity contribution in [3.63, 3.8) is 0 Å². The van der Waals surface area contributed by atoms with E-state index in [4.69, 9.17) is 5.73 Å². The standard InChI is InChI=1S/C15H22FN3O3S/c1-10(17)12-5-7-19(8-6-12)23(21,22)13-3-4-14(16)15(9-13)18-11(2)20/h3-4,9-10,12H,5-8,17H2,1-2H3,(H,18,20). The van der Waals surface area contributed by atoms with Gasteiger partial charge in [0.2, 0.25) is 15.9 Å². The van der Waals surface area contributed by atoms with Crippen LogP contribution >= 0.6 is 0 Å². The molecule has 1 atom stereocenters. The van der Waals surface area contributed by atoms with Crippen LogP contribution in [0.15, 0.2) is 23.1 Å². The highest BCUT2D eigenvalue weighted by Crippen LogP contribution is 2.27.